The molecule has 0 amide bonds. The van der Waals surface area contributed by atoms with Crippen molar-refractivity contribution in [2.75, 3.05) is 13.2 Å². The number of hydrogen-bond acceptors (Lipinski definition) is 2. The van der Waals surface area contributed by atoms with E-state index in [0.29, 0.717) is 17.4 Å². The maximum absolute atomic E-state index is 6.04. The lowest BCUT2D eigenvalue weighted by molar-refractivity contribution is -0.0724. The number of nitrogens with one attached hydrogen (secondary N) is 1. The van der Waals surface area contributed by atoms with E-state index in [1.54, 1.807) is 0 Å². The molecule has 1 unspecified atom stereocenters. The van der Waals surface area contributed by atoms with E-state index in [1.165, 1.54) is 6.42 Å². The van der Waals surface area contributed by atoms with Gasteiger partial charge in [-0.15, -0.1) is 0 Å². The van der Waals surface area contributed by atoms with Crippen LogP contribution in [0.2, 0.25) is 0 Å². The summed E-state index contributed by atoms with van der Waals surface area (Å²) in [6.45, 7) is 25.3. The van der Waals surface area contributed by atoms with Crippen molar-refractivity contribution in [2.45, 2.75) is 87.3 Å². The van der Waals surface area contributed by atoms with Crippen LogP contribution in [0.15, 0.2) is 0 Å². The SMILES string of the molecule is CC(C)OCC1CC(C)(C)C(C)(C)CNC(C)(C)C1(C)C. The Bertz CT molecular complexity index is 351. The molecule has 0 aromatic rings. The van der Waals surface area contributed by atoms with Crippen molar-refractivity contribution in [3.8, 4) is 0 Å². The predicted octanol–water partition coefficient (Wildman–Crippen LogP) is 4.88. The Morgan fingerprint density at radius 2 is 1.48 bits per heavy atom. The minimum Gasteiger partial charge on any atom is -0.378 e. The van der Waals surface area contributed by atoms with E-state index in [9.17, 15) is 0 Å². The second kappa shape index (κ2) is 5.85. The third kappa shape index (κ3) is 3.82. The summed E-state index contributed by atoms with van der Waals surface area (Å²) in [5.74, 6) is 0.553. The molecular formula is C19H39NO. The van der Waals surface area contributed by atoms with Crippen molar-refractivity contribution in [2.24, 2.45) is 22.2 Å². The third-order valence-electron chi connectivity index (χ3n) is 6.82. The molecule has 1 atom stereocenters. The fourth-order valence-electron chi connectivity index (χ4n) is 3.14. The van der Waals surface area contributed by atoms with Crippen LogP contribution < -0.4 is 5.32 Å². The molecule has 1 N–H and O–H groups in total. The molecule has 1 fully saturated rings. The zero-order chi connectivity index (χ0) is 16.7. The molecule has 1 saturated heterocycles. The van der Waals surface area contributed by atoms with E-state index in [4.69, 9.17) is 4.74 Å². The summed E-state index contributed by atoms with van der Waals surface area (Å²) >= 11 is 0. The van der Waals surface area contributed by atoms with E-state index in [-0.39, 0.29) is 16.4 Å². The summed E-state index contributed by atoms with van der Waals surface area (Å²) in [6, 6.07) is 0. The van der Waals surface area contributed by atoms with Crippen LogP contribution >= 0.6 is 0 Å². The van der Waals surface area contributed by atoms with E-state index >= 15 is 0 Å². The highest BCUT2D eigenvalue weighted by Gasteiger charge is 2.50. The molecule has 0 saturated carbocycles. The van der Waals surface area contributed by atoms with Crippen LogP contribution in [0.5, 0.6) is 0 Å². The summed E-state index contributed by atoms with van der Waals surface area (Å²) in [5, 5.41) is 3.86. The van der Waals surface area contributed by atoms with Crippen LogP contribution in [0.1, 0.15) is 75.7 Å². The first-order chi connectivity index (χ1) is 9.23. The van der Waals surface area contributed by atoms with Crippen molar-refractivity contribution >= 4 is 0 Å². The Labute approximate surface area is 133 Å². The summed E-state index contributed by atoms with van der Waals surface area (Å²) in [4.78, 5) is 0. The second-order valence-corrected chi connectivity index (χ2v) is 9.75. The normalized spacial score (nSPS) is 30.7. The first-order valence-corrected chi connectivity index (χ1v) is 8.59. The minimum atomic E-state index is 0.103. The number of ether oxygens (including phenoxy) is 1. The highest BCUT2D eigenvalue weighted by molar-refractivity contribution is 5.04. The molecule has 0 aromatic heterocycles. The van der Waals surface area contributed by atoms with E-state index < -0.39 is 0 Å². The lowest BCUT2D eigenvalue weighted by atomic mass is 9.55. The summed E-state index contributed by atoms with van der Waals surface area (Å²) < 4.78 is 6.04. The van der Waals surface area contributed by atoms with Crippen molar-refractivity contribution in [3.63, 3.8) is 0 Å². The summed E-state index contributed by atoms with van der Waals surface area (Å²) in [7, 11) is 0. The molecule has 1 aliphatic heterocycles. The molecule has 21 heavy (non-hydrogen) atoms. The molecule has 1 aliphatic rings. The zero-order valence-electron chi connectivity index (χ0n) is 16.2. The van der Waals surface area contributed by atoms with Gasteiger partial charge in [0.25, 0.3) is 0 Å². The topological polar surface area (TPSA) is 21.3 Å². The highest BCUT2D eigenvalue weighted by Crippen LogP contribution is 2.51. The van der Waals surface area contributed by atoms with Gasteiger partial charge in [0.15, 0.2) is 0 Å². The smallest absolute Gasteiger partial charge is 0.0519 e. The lowest BCUT2D eigenvalue weighted by Crippen LogP contribution is -2.61. The van der Waals surface area contributed by atoms with Gasteiger partial charge in [-0.05, 0) is 56.3 Å². The minimum absolute atomic E-state index is 0.103. The van der Waals surface area contributed by atoms with Crippen molar-refractivity contribution in [1.82, 2.24) is 5.32 Å². The quantitative estimate of drug-likeness (QED) is 0.801. The highest BCUT2D eigenvalue weighted by atomic mass is 16.5. The van der Waals surface area contributed by atoms with E-state index in [0.717, 1.165) is 13.2 Å². The zero-order valence-corrected chi connectivity index (χ0v) is 16.2. The standard InChI is InChI=1S/C19H39NO/c1-14(2)21-12-15-11-16(3,4)17(5,6)13-20-19(9,10)18(15,7)8/h14-15,20H,11-13H2,1-10H3. The largest absolute Gasteiger partial charge is 0.378 e. The maximum Gasteiger partial charge on any atom is 0.0519 e. The maximum atomic E-state index is 6.04. The second-order valence-electron chi connectivity index (χ2n) is 9.75. The van der Waals surface area contributed by atoms with Gasteiger partial charge in [0.2, 0.25) is 0 Å². The first kappa shape index (κ1) is 19.0. The molecule has 2 nitrogen and oxygen atoms in total. The van der Waals surface area contributed by atoms with Crippen molar-refractivity contribution in [3.05, 3.63) is 0 Å². The van der Waals surface area contributed by atoms with Gasteiger partial charge < -0.3 is 10.1 Å². The van der Waals surface area contributed by atoms with Crippen LogP contribution in [0.4, 0.5) is 0 Å². The molecule has 126 valence electrons. The molecule has 1 rings (SSSR count). The van der Waals surface area contributed by atoms with E-state index in [1.807, 2.05) is 0 Å². The molecule has 0 aliphatic carbocycles. The van der Waals surface area contributed by atoms with Gasteiger partial charge >= 0.3 is 0 Å². The van der Waals surface area contributed by atoms with Crippen LogP contribution in [-0.4, -0.2) is 24.8 Å². The first-order valence-electron chi connectivity index (χ1n) is 8.59. The Balaban J connectivity index is 3.13. The monoisotopic (exact) mass is 297 g/mol. The Kier molecular flexibility index (Phi) is 5.28. The van der Waals surface area contributed by atoms with Crippen molar-refractivity contribution in [1.29, 1.82) is 0 Å². The van der Waals surface area contributed by atoms with Gasteiger partial charge in [-0.2, -0.15) is 0 Å². The van der Waals surface area contributed by atoms with Gasteiger partial charge in [0, 0.05) is 12.1 Å². The predicted molar refractivity (Wildman–Crippen MR) is 92.6 cm³/mol. The summed E-state index contributed by atoms with van der Waals surface area (Å²) in [6.07, 6.45) is 1.52. The van der Waals surface area contributed by atoms with Gasteiger partial charge in [-0.1, -0.05) is 41.5 Å². The Hall–Kier alpha value is -0.0800. The third-order valence-corrected chi connectivity index (χ3v) is 6.82. The molecule has 0 radical (unpaired) electrons. The van der Waals surface area contributed by atoms with E-state index in [2.05, 4.69) is 74.6 Å². The molecule has 0 spiro atoms. The Morgan fingerprint density at radius 3 is 1.95 bits per heavy atom. The van der Waals surface area contributed by atoms with Gasteiger partial charge in [-0.25, -0.2) is 0 Å². The number of hydrogen-bond donors (Lipinski definition) is 1. The van der Waals surface area contributed by atoms with Crippen LogP contribution in [0.3, 0.4) is 0 Å². The number of rotatable bonds is 3. The molecular weight excluding hydrogens is 258 g/mol. The van der Waals surface area contributed by atoms with Crippen LogP contribution in [-0.2, 0) is 4.74 Å². The van der Waals surface area contributed by atoms with Crippen molar-refractivity contribution < 1.29 is 4.74 Å². The fraction of sp³-hybridized carbons (Fsp3) is 1.00. The van der Waals surface area contributed by atoms with Gasteiger partial charge in [0.05, 0.1) is 12.7 Å². The molecule has 1 heterocycles. The molecule has 0 aromatic carbocycles. The van der Waals surface area contributed by atoms with Crippen LogP contribution in [0, 0.1) is 22.2 Å². The Morgan fingerprint density at radius 1 is 0.952 bits per heavy atom. The van der Waals surface area contributed by atoms with Crippen LogP contribution in [0.25, 0.3) is 0 Å². The summed E-state index contributed by atoms with van der Waals surface area (Å²) in [5.41, 5.74) is 0.858. The molecule has 2 heteroatoms. The lowest BCUT2D eigenvalue weighted by Gasteiger charge is -2.56. The average molecular weight is 298 g/mol. The molecule has 0 bridgehead atoms. The fourth-order valence-corrected chi connectivity index (χ4v) is 3.14. The van der Waals surface area contributed by atoms with Gasteiger partial charge in [0.1, 0.15) is 0 Å². The average Bonchev–Trinajstić information content (AvgIpc) is 2.30. The van der Waals surface area contributed by atoms with Gasteiger partial charge in [-0.3, -0.25) is 0 Å².